The van der Waals surface area contributed by atoms with E-state index >= 15 is 0 Å². The van der Waals surface area contributed by atoms with E-state index in [1.807, 2.05) is 13.8 Å². The van der Waals surface area contributed by atoms with Crippen molar-refractivity contribution in [2.24, 2.45) is 5.92 Å². The molecule has 0 radical (unpaired) electrons. The van der Waals surface area contributed by atoms with Gasteiger partial charge in [-0.1, -0.05) is 32.0 Å². The van der Waals surface area contributed by atoms with Crippen LogP contribution in [0.3, 0.4) is 0 Å². The molecule has 3 nitrogen and oxygen atoms in total. The second kappa shape index (κ2) is 5.17. The van der Waals surface area contributed by atoms with Crippen molar-refractivity contribution < 1.29 is 9.90 Å². The van der Waals surface area contributed by atoms with Crippen LogP contribution in [0.1, 0.15) is 13.8 Å². The van der Waals surface area contributed by atoms with Gasteiger partial charge in [0.05, 0.1) is 0 Å². The third-order valence-corrected chi connectivity index (χ3v) is 1.58. The van der Waals surface area contributed by atoms with Crippen molar-refractivity contribution >= 4 is 17.6 Å². The predicted molar refractivity (Wildman–Crippen MR) is 49.3 cm³/mol. The highest BCUT2D eigenvalue weighted by molar-refractivity contribution is 6.29. The van der Waals surface area contributed by atoms with Crippen molar-refractivity contribution in [3.05, 3.63) is 11.6 Å². The Morgan fingerprint density at radius 3 is 2.42 bits per heavy atom. The minimum absolute atomic E-state index is 0.0403. The second-order valence-electron chi connectivity index (χ2n) is 2.96. The van der Waals surface area contributed by atoms with Gasteiger partial charge in [-0.05, 0) is 5.92 Å². The fraction of sp³-hybridized carbons (Fsp3) is 0.625. The summed E-state index contributed by atoms with van der Waals surface area (Å²) in [4.78, 5) is 10.6. The van der Waals surface area contributed by atoms with E-state index in [1.54, 1.807) is 0 Å². The van der Waals surface area contributed by atoms with Crippen LogP contribution in [0, 0.1) is 5.92 Å². The molecule has 0 aromatic rings. The summed E-state index contributed by atoms with van der Waals surface area (Å²) in [6.07, 6.45) is 0. The van der Waals surface area contributed by atoms with Gasteiger partial charge in [-0.25, -0.2) is 0 Å². The van der Waals surface area contributed by atoms with Crippen LogP contribution in [0.15, 0.2) is 11.6 Å². The first kappa shape index (κ1) is 11.5. The molecule has 0 heterocycles. The molecule has 1 atom stereocenters. The predicted octanol–water partition coefficient (Wildman–Crippen LogP) is 1.44. The van der Waals surface area contributed by atoms with E-state index in [0.29, 0.717) is 11.6 Å². The fourth-order valence-corrected chi connectivity index (χ4v) is 0.906. The van der Waals surface area contributed by atoms with E-state index < -0.39 is 12.0 Å². The highest BCUT2D eigenvalue weighted by Gasteiger charge is 2.19. The van der Waals surface area contributed by atoms with Crippen LogP contribution in [-0.4, -0.2) is 23.7 Å². The Bertz CT molecular complexity index is 180. The highest BCUT2D eigenvalue weighted by Crippen LogP contribution is 2.03. The van der Waals surface area contributed by atoms with Gasteiger partial charge >= 0.3 is 5.97 Å². The van der Waals surface area contributed by atoms with Gasteiger partial charge in [0.1, 0.15) is 6.04 Å². The number of halogens is 1. The lowest BCUT2D eigenvalue weighted by atomic mass is 10.1. The molecule has 0 aliphatic heterocycles. The zero-order valence-electron chi connectivity index (χ0n) is 7.30. The normalized spacial score (nSPS) is 13.0. The Hall–Kier alpha value is -0.540. The zero-order chi connectivity index (χ0) is 9.72. The first-order chi connectivity index (χ1) is 5.45. The van der Waals surface area contributed by atoms with E-state index in [1.165, 1.54) is 0 Å². The molecule has 0 fully saturated rings. The van der Waals surface area contributed by atoms with Gasteiger partial charge < -0.3 is 5.11 Å². The molecule has 70 valence electrons. The van der Waals surface area contributed by atoms with Crippen LogP contribution in [0.2, 0.25) is 0 Å². The summed E-state index contributed by atoms with van der Waals surface area (Å²) in [7, 11) is 0. The van der Waals surface area contributed by atoms with Gasteiger partial charge in [-0.2, -0.15) is 0 Å². The lowest BCUT2D eigenvalue weighted by molar-refractivity contribution is -0.140. The summed E-state index contributed by atoms with van der Waals surface area (Å²) in [6.45, 7) is 7.46. The van der Waals surface area contributed by atoms with Gasteiger partial charge in [0.2, 0.25) is 0 Å². The number of hydrogen-bond acceptors (Lipinski definition) is 2. The first-order valence-electron chi connectivity index (χ1n) is 3.74. The van der Waals surface area contributed by atoms with Crippen molar-refractivity contribution in [3.8, 4) is 0 Å². The summed E-state index contributed by atoms with van der Waals surface area (Å²) in [5.74, 6) is -0.818. The molecule has 2 N–H and O–H groups in total. The maximum atomic E-state index is 10.6. The van der Waals surface area contributed by atoms with Crippen molar-refractivity contribution in [2.75, 3.05) is 6.54 Å². The van der Waals surface area contributed by atoms with Gasteiger partial charge in [-0.15, -0.1) is 0 Å². The summed E-state index contributed by atoms with van der Waals surface area (Å²) in [5, 5.41) is 11.9. The number of aliphatic carboxylic acids is 1. The first-order valence-corrected chi connectivity index (χ1v) is 4.12. The zero-order valence-corrected chi connectivity index (χ0v) is 8.06. The maximum Gasteiger partial charge on any atom is 0.320 e. The van der Waals surface area contributed by atoms with Crippen molar-refractivity contribution in [2.45, 2.75) is 19.9 Å². The van der Waals surface area contributed by atoms with Crippen LogP contribution in [0.25, 0.3) is 0 Å². The minimum atomic E-state index is -0.858. The van der Waals surface area contributed by atoms with Crippen molar-refractivity contribution in [1.29, 1.82) is 0 Å². The van der Waals surface area contributed by atoms with E-state index in [2.05, 4.69) is 11.9 Å². The van der Waals surface area contributed by atoms with Crippen LogP contribution >= 0.6 is 11.6 Å². The Kier molecular flexibility index (Phi) is 4.93. The molecule has 4 heteroatoms. The average Bonchev–Trinajstić information content (AvgIpc) is 1.84. The highest BCUT2D eigenvalue weighted by atomic mass is 35.5. The molecule has 0 aliphatic rings. The molecule has 1 unspecified atom stereocenters. The summed E-state index contributed by atoms with van der Waals surface area (Å²) < 4.78 is 0. The van der Waals surface area contributed by atoms with Gasteiger partial charge in [0.25, 0.3) is 0 Å². The summed E-state index contributed by atoms with van der Waals surface area (Å²) >= 11 is 5.48. The molecule has 0 bridgehead atoms. The number of rotatable bonds is 5. The Morgan fingerprint density at radius 1 is 1.67 bits per heavy atom. The number of carboxylic acid groups (broad SMARTS) is 1. The van der Waals surface area contributed by atoms with Crippen LogP contribution < -0.4 is 5.32 Å². The molecule has 12 heavy (non-hydrogen) atoms. The van der Waals surface area contributed by atoms with Crippen LogP contribution in [0.4, 0.5) is 0 Å². The average molecular weight is 192 g/mol. The van der Waals surface area contributed by atoms with Gasteiger partial charge in [0.15, 0.2) is 0 Å². The molecule has 0 saturated carbocycles. The standard InChI is InChI=1S/C8H14ClNO2/c1-5(2)7(8(11)12)10-4-6(3)9/h5,7,10H,3-4H2,1-2H3,(H,11,12). The van der Waals surface area contributed by atoms with Gasteiger partial charge in [-0.3, -0.25) is 10.1 Å². The third-order valence-electron chi connectivity index (χ3n) is 1.45. The monoisotopic (exact) mass is 191 g/mol. The lowest BCUT2D eigenvalue weighted by Gasteiger charge is -2.17. The molecular formula is C8H14ClNO2. The Morgan fingerprint density at radius 2 is 2.17 bits per heavy atom. The summed E-state index contributed by atoms with van der Waals surface area (Å²) in [6, 6.07) is -0.555. The van der Waals surface area contributed by atoms with Crippen molar-refractivity contribution in [3.63, 3.8) is 0 Å². The van der Waals surface area contributed by atoms with E-state index in [0.717, 1.165) is 0 Å². The molecule has 0 amide bonds. The van der Waals surface area contributed by atoms with Crippen LogP contribution in [0.5, 0.6) is 0 Å². The molecule has 0 aromatic carbocycles. The topological polar surface area (TPSA) is 49.3 Å². The van der Waals surface area contributed by atoms with Crippen LogP contribution in [-0.2, 0) is 4.79 Å². The molecule has 0 aromatic heterocycles. The van der Waals surface area contributed by atoms with Gasteiger partial charge in [0, 0.05) is 11.6 Å². The molecular weight excluding hydrogens is 178 g/mol. The minimum Gasteiger partial charge on any atom is -0.480 e. The van der Waals surface area contributed by atoms with E-state index in [4.69, 9.17) is 16.7 Å². The number of hydrogen-bond donors (Lipinski definition) is 2. The molecule has 0 spiro atoms. The second-order valence-corrected chi connectivity index (χ2v) is 3.49. The molecule has 0 saturated heterocycles. The molecule has 0 rings (SSSR count). The number of carboxylic acids is 1. The lowest BCUT2D eigenvalue weighted by Crippen LogP contribution is -2.41. The third kappa shape index (κ3) is 4.36. The quantitative estimate of drug-likeness (QED) is 0.692. The number of carbonyl (C=O) groups is 1. The Balaban J connectivity index is 3.97. The molecule has 0 aliphatic carbocycles. The largest absolute Gasteiger partial charge is 0.480 e. The fourth-order valence-electron chi connectivity index (χ4n) is 0.829. The number of nitrogens with one attached hydrogen (secondary N) is 1. The van der Waals surface area contributed by atoms with E-state index in [-0.39, 0.29) is 5.92 Å². The van der Waals surface area contributed by atoms with E-state index in [9.17, 15) is 4.79 Å². The SMILES string of the molecule is C=C(Cl)CNC(C(=O)O)C(C)C. The van der Waals surface area contributed by atoms with Crippen molar-refractivity contribution in [1.82, 2.24) is 5.32 Å². The Labute approximate surface area is 77.4 Å². The summed E-state index contributed by atoms with van der Waals surface area (Å²) in [5.41, 5.74) is 0. The maximum absolute atomic E-state index is 10.6. The smallest absolute Gasteiger partial charge is 0.320 e.